The quantitative estimate of drug-likeness (QED) is 0.688. The third-order valence-corrected chi connectivity index (χ3v) is 4.38. The SMILES string of the molecule is COC(=N[C@@H]1CCCc2ccccc21)NC(=O)c1ccc(OC)cc1. The second-order valence-corrected chi connectivity index (χ2v) is 5.93. The number of amides is 1. The zero-order valence-electron chi connectivity index (χ0n) is 14.5. The lowest BCUT2D eigenvalue weighted by atomic mass is 9.88. The van der Waals surface area contributed by atoms with E-state index in [-0.39, 0.29) is 18.0 Å². The molecular formula is C20H22N2O3. The molecule has 2 aromatic rings. The highest BCUT2D eigenvalue weighted by molar-refractivity contribution is 6.04. The number of ether oxygens (including phenoxy) is 2. The molecule has 0 unspecified atom stereocenters. The van der Waals surface area contributed by atoms with Gasteiger partial charge in [-0.2, -0.15) is 0 Å². The van der Waals surface area contributed by atoms with Crippen molar-refractivity contribution in [3.8, 4) is 5.75 Å². The largest absolute Gasteiger partial charge is 0.497 e. The van der Waals surface area contributed by atoms with Crippen LogP contribution in [0.15, 0.2) is 53.5 Å². The predicted molar refractivity (Wildman–Crippen MR) is 97.0 cm³/mol. The first-order chi connectivity index (χ1) is 12.2. The van der Waals surface area contributed by atoms with Crippen LogP contribution in [0.3, 0.4) is 0 Å². The van der Waals surface area contributed by atoms with Crippen molar-refractivity contribution < 1.29 is 14.3 Å². The molecule has 1 aliphatic rings. The minimum absolute atomic E-state index is 0.0102. The van der Waals surface area contributed by atoms with Gasteiger partial charge in [0.1, 0.15) is 5.75 Å². The standard InChI is InChI=1S/C20H22N2O3/c1-24-16-12-10-15(11-13-16)19(23)22-20(25-2)21-18-9-5-7-14-6-3-4-8-17(14)18/h3-4,6,8,10-13,18H,5,7,9H2,1-2H3,(H,21,22,23)/t18-/m1/s1. The molecule has 1 amide bonds. The molecule has 2 aromatic carbocycles. The van der Waals surface area contributed by atoms with Gasteiger partial charge < -0.3 is 9.47 Å². The number of nitrogens with one attached hydrogen (secondary N) is 1. The van der Waals surface area contributed by atoms with Gasteiger partial charge in [0.15, 0.2) is 0 Å². The van der Waals surface area contributed by atoms with Crippen molar-refractivity contribution in [2.75, 3.05) is 14.2 Å². The van der Waals surface area contributed by atoms with E-state index < -0.39 is 0 Å². The molecule has 0 aliphatic heterocycles. The number of fused-ring (bicyclic) bond motifs is 1. The van der Waals surface area contributed by atoms with Gasteiger partial charge in [-0.3, -0.25) is 10.1 Å². The molecule has 0 heterocycles. The molecule has 5 heteroatoms. The molecule has 0 aromatic heterocycles. The van der Waals surface area contributed by atoms with Crippen LogP contribution in [0.4, 0.5) is 0 Å². The Morgan fingerprint density at radius 3 is 2.60 bits per heavy atom. The molecule has 1 atom stereocenters. The number of aryl methyl sites for hydroxylation is 1. The first-order valence-corrected chi connectivity index (χ1v) is 8.36. The summed E-state index contributed by atoms with van der Waals surface area (Å²) >= 11 is 0. The summed E-state index contributed by atoms with van der Waals surface area (Å²) in [4.78, 5) is 17.0. The Morgan fingerprint density at radius 1 is 1.12 bits per heavy atom. The van der Waals surface area contributed by atoms with E-state index in [1.807, 2.05) is 12.1 Å². The van der Waals surface area contributed by atoms with Crippen molar-refractivity contribution >= 4 is 11.9 Å². The zero-order chi connectivity index (χ0) is 17.6. The van der Waals surface area contributed by atoms with Crippen molar-refractivity contribution in [3.63, 3.8) is 0 Å². The number of carbonyl (C=O) groups excluding carboxylic acids is 1. The number of hydrogen-bond donors (Lipinski definition) is 1. The monoisotopic (exact) mass is 338 g/mol. The smallest absolute Gasteiger partial charge is 0.292 e. The Hall–Kier alpha value is -2.82. The highest BCUT2D eigenvalue weighted by Gasteiger charge is 2.20. The van der Waals surface area contributed by atoms with Gasteiger partial charge >= 0.3 is 0 Å². The summed E-state index contributed by atoms with van der Waals surface area (Å²) in [5.74, 6) is 0.448. The maximum absolute atomic E-state index is 12.4. The van der Waals surface area contributed by atoms with Gasteiger partial charge in [0.2, 0.25) is 0 Å². The van der Waals surface area contributed by atoms with Gasteiger partial charge in [-0.1, -0.05) is 24.3 Å². The van der Waals surface area contributed by atoms with E-state index in [9.17, 15) is 4.79 Å². The normalized spacial score (nSPS) is 16.7. The fraction of sp³-hybridized carbons (Fsp3) is 0.300. The van der Waals surface area contributed by atoms with Crippen LogP contribution in [0.1, 0.15) is 40.4 Å². The number of rotatable bonds is 3. The lowest BCUT2D eigenvalue weighted by molar-refractivity contribution is 0.0968. The zero-order valence-corrected chi connectivity index (χ0v) is 14.5. The van der Waals surface area contributed by atoms with Crippen LogP contribution < -0.4 is 10.1 Å². The van der Waals surface area contributed by atoms with Crippen LogP contribution in [0.25, 0.3) is 0 Å². The Kier molecular flexibility index (Phi) is 5.33. The molecule has 3 rings (SSSR count). The number of benzene rings is 2. The fourth-order valence-electron chi connectivity index (χ4n) is 3.05. The number of methoxy groups -OCH3 is 2. The summed E-state index contributed by atoms with van der Waals surface area (Å²) in [5, 5.41) is 2.75. The number of carbonyl (C=O) groups is 1. The van der Waals surface area contributed by atoms with E-state index in [2.05, 4.69) is 22.4 Å². The van der Waals surface area contributed by atoms with Crippen molar-refractivity contribution in [2.24, 2.45) is 4.99 Å². The predicted octanol–water partition coefficient (Wildman–Crippen LogP) is 3.51. The van der Waals surface area contributed by atoms with E-state index in [0.29, 0.717) is 11.3 Å². The van der Waals surface area contributed by atoms with Crippen molar-refractivity contribution in [1.29, 1.82) is 0 Å². The van der Waals surface area contributed by atoms with Crippen molar-refractivity contribution in [1.82, 2.24) is 5.32 Å². The van der Waals surface area contributed by atoms with Crippen LogP contribution in [-0.4, -0.2) is 26.1 Å². The van der Waals surface area contributed by atoms with Gasteiger partial charge in [-0.05, 0) is 54.7 Å². The first kappa shape index (κ1) is 17.0. The van der Waals surface area contributed by atoms with Crippen LogP contribution >= 0.6 is 0 Å². The number of amidine groups is 1. The van der Waals surface area contributed by atoms with Gasteiger partial charge in [0.25, 0.3) is 11.9 Å². The molecule has 1 N–H and O–H groups in total. The van der Waals surface area contributed by atoms with Crippen LogP contribution in [0.2, 0.25) is 0 Å². The average molecular weight is 338 g/mol. The minimum Gasteiger partial charge on any atom is -0.497 e. The summed E-state index contributed by atoms with van der Waals surface area (Å²) in [6, 6.07) is 15.5. The minimum atomic E-state index is -0.257. The summed E-state index contributed by atoms with van der Waals surface area (Å²) in [6.07, 6.45) is 3.10. The molecule has 130 valence electrons. The van der Waals surface area contributed by atoms with Crippen LogP contribution in [-0.2, 0) is 11.2 Å². The third-order valence-electron chi connectivity index (χ3n) is 4.38. The molecule has 0 saturated heterocycles. The Labute approximate surface area is 147 Å². The molecule has 0 radical (unpaired) electrons. The van der Waals surface area contributed by atoms with Crippen LogP contribution in [0, 0.1) is 0 Å². The third kappa shape index (κ3) is 3.99. The summed E-state index contributed by atoms with van der Waals surface area (Å²) in [5.41, 5.74) is 3.05. The number of nitrogens with zero attached hydrogens (tertiary/aromatic N) is 1. The molecule has 5 nitrogen and oxygen atoms in total. The maximum Gasteiger partial charge on any atom is 0.292 e. The second kappa shape index (κ2) is 7.83. The molecular weight excluding hydrogens is 316 g/mol. The van der Waals surface area contributed by atoms with Gasteiger partial charge in [-0.15, -0.1) is 0 Å². The number of aliphatic imine (C=N–C) groups is 1. The topological polar surface area (TPSA) is 59.9 Å². The second-order valence-electron chi connectivity index (χ2n) is 5.93. The molecule has 0 bridgehead atoms. The van der Waals surface area contributed by atoms with Crippen molar-refractivity contribution in [2.45, 2.75) is 25.3 Å². The molecule has 1 aliphatic carbocycles. The average Bonchev–Trinajstić information content (AvgIpc) is 2.67. The lowest BCUT2D eigenvalue weighted by Crippen LogP contribution is -2.32. The van der Waals surface area contributed by atoms with Crippen LogP contribution in [0.5, 0.6) is 5.75 Å². The molecule has 0 spiro atoms. The summed E-state index contributed by atoms with van der Waals surface area (Å²) in [6.45, 7) is 0. The molecule has 0 saturated carbocycles. The van der Waals surface area contributed by atoms with Crippen molar-refractivity contribution in [3.05, 3.63) is 65.2 Å². The van der Waals surface area contributed by atoms with Gasteiger partial charge in [-0.25, -0.2) is 4.99 Å². The molecule has 0 fully saturated rings. The Balaban J connectivity index is 1.76. The van der Waals surface area contributed by atoms with Gasteiger partial charge in [0, 0.05) is 5.56 Å². The summed E-state index contributed by atoms with van der Waals surface area (Å²) in [7, 11) is 3.11. The van der Waals surface area contributed by atoms with E-state index in [1.165, 1.54) is 18.2 Å². The highest BCUT2D eigenvalue weighted by Crippen LogP contribution is 2.32. The fourth-order valence-corrected chi connectivity index (χ4v) is 3.05. The van der Waals surface area contributed by atoms with E-state index >= 15 is 0 Å². The van der Waals surface area contributed by atoms with Gasteiger partial charge in [0.05, 0.1) is 20.3 Å². The lowest BCUT2D eigenvalue weighted by Gasteiger charge is -2.23. The van der Waals surface area contributed by atoms with E-state index in [4.69, 9.17) is 9.47 Å². The van der Waals surface area contributed by atoms with E-state index in [0.717, 1.165) is 19.3 Å². The highest BCUT2D eigenvalue weighted by atomic mass is 16.5. The number of hydrogen-bond acceptors (Lipinski definition) is 4. The van der Waals surface area contributed by atoms with E-state index in [1.54, 1.807) is 31.4 Å². The molecule has 25 heavy (non-hydrogen) atoms. The maximum atomic E-state index is 12.4. The first-order valence-electron chi connectivity index (χ1n) is 8.36. The Bertz CT molecular complexity index is 769. The Morgan fingerprint density at radius 2 is 1.88 bits per heavy atom. The summed E-state index contributed by atoms with van der Waals surface area (Å²) < 4.78 is 10.4.